The van der Waals surface area contributed by atoms with Gasteiger partial charge >= 0.3 is 5.97 Å². The zero-order valence-electron chi connectivity index (χ0n) is 14.2. The summed E-state index contributed by atoms with van der Waals surface area (Å²) in [6.45, 7) is 7.60. The second-order valence-electron chi connectivity index (χ2n) is 6.11. The molecule has 24 heavy (non-hydrogen) atoms. The third-order valence-electron chi connectivity index (χ3n) is 4.10. The maximum atomic E-state index is 12.8. The summed E-state index contributed by atoms with van der Waals surface area (Å²) >= 11 is 0. The molecule has 0 aromatic carbocycles. The van der Waals surface area contributed by atoms with Gasteiger partial charge in [0.2, 0.25) is 0 Å². The van der Waals surface area contributed by atoms with Crippen LogP contribution in [0.4, 0.5) is 0 Å². The molecule has 0 saturated carbocycles. The number of aryl methyl sites for hydroxylation is 1. The van der Waals surface area contributed by atoms with Crippen LogP contribution in [0, 0.1) is 6.92 Å². The molecule has 1 aliphatic rings. The topological polar surface area (TPSA) is 85.9 Å². The highest BCUT2D eigenvalue weighted by atomic mass is 16.5. The number of ether oxygens (including phenoxy) is 1. The third kappa shape index (κ3) is 2.38. The van der Waals surface area contributed by atoms with E-state index < -0.39 is 5.97 Å². The van der Waals surface area contributed by atoms with Crippen molar-refractivity contribution in [1.29, 1.82) is 0 Å². The van der Waals surface area contributed by atoms with Gasteiger partial charge in [0.05, 0.1) is 24.4 Å². The summed E-state index contributed by atoms with van der Waals surface area (Å²) in [6.07, 6.45) is 0. The van der Waals surface area contributed by atoms with E-state index in [9.17, 15) is 14.4 Å². The first kappa shape index (κ1) is 16.2. The molecule has 1 aliphatic heterocycles. The Hall–Kier alpha value is -2.64. The summed E-state index contributed by atoms with van der Waals surface area (Å²) in [4.78, 5) is 39.1. The van der Waals surface area contributed by atoms with Crippen molar-refractivity contribution >= 4 is 17.5 Å². The van der Waals surface area contributed by atoms with Crippen LogP contribution in [0.15, 0.2) is 10.9 Å². The Morgan fingerprint density at radius 1 is 1.38 bits per heavy atom. The predicted molar refractivity (Wildman–Crippen MR) is 85.8 cm³/mol. The van der Waals surface area contributed by atoms with Gasteiger partial charge in [-0.1, -0.05) is 0 Å². The van der Waals surface area contributed by atoms with Crippen molar-refractivity contribution in [1.82, 2.24) is 19.1 Å². The first-order valence-corrected chi connectivity index (χ1v) is 7.93. The number of carbonyl (C=O) groups is 2. The highest BCUT2D eigenvalue weighted by Gasteiger charge is 2.36. The normalized spacial score (nSPS) is 13.9. The van der Waals surface area contributed by atoms with Gasteiger partial charge < -0.3 is 14.2 Å². The standard InChI is InChI=1S/C16H20N4O4/c1-5-24-13(21)8-19-12-6-10(4)17-20(12)15(22)11-7-18(9(2)3)16(23)14(11)19/h6,9H,5,7-8H2,1-4H3. The molecular weight excluding hydrogens is 312 g/mol. The van der Waals surface area contributed by atoms with Crippen molar-refractivity contribution in [3.8, 4) is 0 Å². The molecule has 0 spiro atoms. The molecule has 8 nitrogen and oxygen atoms in total. The second-order valence-corrected chi connectivity index (χ2v) is 6.11. The van der Waals surface area contributed by atoms with Crippen LogP contribution in [0.3, 0.4) is 0 Å². The van der Waals surface area contributed by atoms with Gasteiger partial charge in [-0.25, -0.2) is 0 Å². The number of esters is 1. The predicted octanol–water partition coefficient (Wildman–Crippen LogP) is 0.732. The molecule has 0 fully saturated rings. The largest absolute Gasteiger partial charge is 0.465 e. The molecule has 0 radical (unpaired) electrons. The van der Waals surface area contributed by atoms with E-state index in [1.807, 2.05) is 13.8 Å². The quantitative estimate of drug-likeness (QED) is 0.771. The molecular formula is C16H20N4O4. The minimum absolute atomic E-state index is 0.0469. The average molecular weight is 332 g/mol. The number of nitrogens with zero attached hydrogens (tertiary/aromatic N) is 4. The molecule has 2 aromatic rings. The van der Waals surface area contributed by atoms with Crippen LogP contribution < -0.4 is 5.56 Å². The Balaban J connectivity index is 2.25. The van der Waals surface area contributed by atoms with E-state index in [2.05, 4.69) is 5.10 Å². The molecule has 0 unspecified atom stereocenters. The third-order valence-corrected chi connectivity index (χ3v) is 4.10. The van der Waals surface area contributed by atoms with Crippen molar-refractivity contribution in [3.63, 3.8) is 0 Å². The Morgan fingerprint density at radius 2 is 2.08 bits per heavy atom. The van der Waals surface area contributed by atoms with E-state index in [0.717, 1.165) is 0 Å². The Morgan fingerprint density at radius 3 is 2.71 bits per heavy atom. The van der Waals surface area contributed by atoms with Gasteiger partial charge in [-0.3, -0.25) is 14.4 Å². The lowest BCUT2D eigenvalue weighted by Crippen LogP contribution is -2.32. The highest BCUT2D eigenvalue weighted by Crippen LogP contribution is 2.24. The minimum atomic E-state index is -0.458. The number of carbonyl (C=O) groups excluding carboxylic acids is 2. The molecule has 1 amide bonds. The lowest BCUT2D eigenvalue weighted by Gasteiger charge is -2.20. The maximum absolute atomic E-state index is 12.8. The zero-order valence-corrected chi connectivity index (χ0v) is 14.2. The molecule has 128 valence electrons. The van der Waals surface area contributed by atoms with Crippen molar-refractivity contribution in [3.05, 3.63) is 33.4 Å². The molecule has 0 saturated heterocycles. The molecule has 3 heterocycles. The smallest absolute Gasteiger partial charge is 0.326 e. The highest BCUT2D eigenvalue weighted by molar-refractivity contribution is 5.97. The van der Waals surface area contributed by atoms with E-state index in [1.54, 1.807) is 29.4 Å². The van der Waals surface area contributed by atoms with Crippen LogP contribution in [0.2, 0.25) is 0 Å². The fourth-order valence-corrected chi connectivity index (χ4v) is 3.01. The number of fused-ring (bicyclic) bond motifs is 2. The summed E-state index contributed by atoms with van der Waals surface area (Å²) in [7, 11) is 0. The van der Waals surface area contributed by atoms with Crippen LogP contribution >= 0.6 is 0 Å². The molecule has 2 aromatic heterocycles. The van der Waals surface area contributed by atoms with Crippen molar-refractivity contribution in [2.24, 2.45) is 0 Å². The SMILES string of the molecule is CCOC(=O)Cn1c2c(c(=O)n3nc(C)cc13)CN(C(C)C)C2=O. The van der Waals surface area contributed by atoms with Crippen molar-refractivity contribution in [2.45, 2.75) is 46.8 Å². The number of hydrogen-bond donors (Lipinski definition) is 0. The van der Waals surface area contributed by atoms with Crippen LogP contribution in [-0.2, 0) is 22.6 Å². The van der Waals surface area contributed by atoms with E-state index in [-0.39, 0.29) is 42.9 Å². The van der Waals surface area contributed by atoms with Gasteiger partial charge in [0, 0.05) is 12.1 Å². The lowest BCUT2D eigenvalue weighted by molar-refractivity contribution is -0.143. The van der Waals surface area contributed by atoms with E-state index in [1.165, 1.54) is 4.52 Å². The first-order chi connectivity index (χ1) is 11.3. The van der Waals surface area contributed by atoms with E-state index >= 15 is 0 Å². The van der Waals surface area contributed by atoms with Crippen LogP contribution in [0.1, 0.15) is 42.5 Å². The molecule has 0 N–H and O–H groups in total. The Labute approximate surface area is 138 Å². The maximum Gasteiger partial charge on any atom is 0.326 e. The monoisotopic (exact) mass is 332 g/mol. The number of amides is 1. The summed E-state index contributed by atoms with van der Waals surface area (Å²) in [5, 5.41) is 4.20. The van der Waals surface area contributed by atoms with Gasteiger partial charge in [-0.2, -0.15) is 9.61 Å². The number of hydrogen-bond acceptors (Lipinski definition) is 5. The summed E-state index contributed by atoms with van der Waals surface area (Å²) in [6, 6.07) is 1.64. The van der Waals surface area contributed by atoms with Crippen molar-refractivity contribution in [2.75, 3.05) is 6.61 Å². The van der Waals surface area contributed by atoms with E-state index in [0.29, 0.717) is 16.9 Å². The van der Waals surface area contributed by atoms with Crippen molar-refractivity contribution < 1.29 is 14.3 Å². The average Bonchev–Trinajstić information content (AvgIpc) is 3.05. The number of rotatable bonds is 4. The van der Waals surface area contributed by atoms with Gasteiger partial charge in [0.1, 0.15) is 17.9 Å². The Bertz CT molecular complexity index is 894. The van der Waals surface area contributed by atoms with Gasteiger partial charge in [-0.05, 0) is 27.7 Å². The molecule has 3 rings (SSSR count). The fourth-order valence-electron chi connectivity index (χ4n) is 3.01. The summed E-state index contributed by atoms with van der Waals surface area (Å²) in [5.74, 6) is -0.706. The van der Waals surface area contributed by atoms with Crippen LogP contribution in [0.25, 0.3) is 5.65 Å². The molecule has 0 atom stereocenters. The van der Waals surface area contributed by atoms with Gasteiger partial charge in [0.15, 0.2) is 0 Å². The van der Waals surface area contributed by atoms with Crippen LogP contribution in [0.5, 0.6) is 0 Å². The second kappa shape index (κ2) is 5.77. The molecule has 0 bridgehead atoms. The molecule has 0 aliphatic carbocycles. The van der Waals surface area contributed by atoms with Crippen LogP contribution in [-0.4, -0.2) is 43.6 Å². The van der Waals surface area contributed by atoms with Gasteiger partial charge in [0.25, 0.3) is 11.5 Å². The lowest BCUT2D eigenvalue weighted by atomic mass is 10.2. The zero-order chi connectivity index (χ0) is 17.6. The van der Waals surface area contributed by atoms with Gasteiger partial charge in [-0.15, -0.1) is 0 Å². The first-order valence-electron chi connectivity index (χ1n) is 7.93. The Kier molecular flexibility index (Phi) is 3.90. The summed E-state index contributed by atoms with van der Waals surface area (Å²) in [5.41, 5.74) is 1.37. The molecule has 8 heteroatoms. The minimum Gasteiger partial charge on any atom is -0.465 e. The fraction of sp³-hybridized carbons (Fsp3) is 0.500. The summed E-state index contributed by atoms with van der Waals surface area (Å²) < 4.78 is 7.80. The van der Waals surface area contributed by atoms with E-state index in [4.69, 9.17) is 4.74 Å². The number of aromatic nitrogens is 3.